The van der Waals surface area contributed by atoms with Gasteiger partial charge in [-0.3, -0.25) is 4.79 Å². The molecule has 0 aliphatic carbocycles. The van der Waals surface area contributed by atoms with E-state index in [1.807, 2.05) is 0 Å². The molecular formula is C13H16ClFN2O3S. The number of amides is 1. The number of nitrogen functional groups attached to an aromatic ring is 1. The summed E-state index contributed by atoms with van der Waals surface area (Å²) >= 11 is 5.74. The van der Waals surface area contributed by atoms with Crippen LogP contribution in [0.5, 0.6) is 0 Å². The Bertz CT molecular complexity index is 704. The van der Waals surface area contributed by atoms with Crippen molar-refractivity contribution < 1.29 is 17.6 Å². The van der Waals surface area contributed by atoms with Crippen molar-refractivity contribution in [3.63, 3.8) is 0 Å². The molecule has 1 saturated heterocycles. The van der Waals surface area contributed by atoms with E-state index in [0.717, 1.165) is 6.07 Å². The molecule has 0 atom stereocenters. The molecule has 1 aliphatic rings. The van der Waals surface area contributed by atoms with Gasteiger partial charge in [0.15, 0.2) is 9.84 Å². The van der Waals surface area contributed by atoms with E-state index in [4.69, 9.17) is 17.3 Å². The van der Waals surface area contributed by atoms with Crippen molar-refractivity contribution in [2.24, 2.45) is 0 Å². The molecule has 1 heterocycles. The van der Waals surface area contributed by atoms with Gasteiger partial charge in [0.05, 0.1) is 21.8 Å². The summed E-state index contributed by atoms with van der Waals surface area (Å²) in [5.41, 5.74) is 5.25. The number of nitrogens with zero attached hydrogens (tertiary/aromatic N) is 1. The lowest BCUT2D eigenvalue weighted by molar-refractivity contribution is 0.0744. The smallest absolute Gasteiger partial charge is 0.256 e. The normalized spacial score (nSPS) is 20.3. The van der Waals surface area contributed by atoms with Crippen molar-refractivity contribution in [3.8, 4) is 0 Å². The summed E-state index contributed by atoms with van der Waals surface area (Å²) < 4.78 is 36.4. The zero-order chi connectivity index (χ0) is 16.0. The number of halogens is 2. The second-order valence-corrected chi connectivity index (χ2v) is 8.83. The molecule has 2 N–H and O–H groups in total. The van der Waals surface area contributed by atoms with Gasteiger partial charge in [0, 0.05) is 18.1 Å². The Morgan fingerprint density at radius 3 is 2.62 bits per heavy atom. The maximum atomic E-state index is 13.6. The van der Waals surface area contributed by atoms with Crippen molar-refractivity contribution in [2.75, 3.05) is 24.6 Å². The molecule has 0 radical (unpaired) electrons. The molecule has 1 fully saturated rings. The molecule has 0 aromatic heterocycles. The molecule has 21 heavy (non-hydrogen) atoms. The molecule has 0 saturated carbocycles. The Morgan fingerprint density at radius 1 is 1.43 bits per heavy atom. The summed E-state index contributed by atoms with van der Waals surface area (Å²) in [6.45, 7) is 3.20. The van der Waals surface area contributed by atoms with Crippen LogP contribution in [0.15, 0.2) is 12.1 Å². The van der Waals surface area contributed by atoms with Crippen molar-refractivity contribution >= 4 is 33.0 Å². The Kier molecular flexibility index (Phi) is 3.92. The summed E-state index contributed by atoms with van der Waals surface area (Å²) in [6.07, 6.45) is 0. The summed E-state index contributed by atoms with van der Waals surface area (Å²) in [4.78, 5) is 13.8. The van der Waals surface area contributed by atoms with Crippen LogP contribution in [0, 0.1) is 5.82 Å². The van der Waals surface area contributed by atoms with Crippen molar-refractivity contribution in [2.45, 2.75) is 18.6 Å². The van der Waals surface area contributed by atoms with Crippen molar-refractivity contribution in [1.82, 2.24) is 4.90 Å². The van der Waals surface area contributed by atoms with Gasteiger partial charge in [-0.25, -0.2) is 12.8 Å². The predicted molar refractivity (Wildman–Crippen MR) is 79.6 cm³/mol. The van der Waals surface area contributed by atoms with Crippen LogP contribution in [-0.4, -0.2) is 42.8 Å². The molecular weight excluding hydrogens is 319 g/mol. The number of sulfone groups is 1. The number of nitrogens with two attached hydrogens (primary N) is 1. The number of anilines is 1. The van der Waals surface area contributed by atoms with Crippen molar-refractivity contribution in [1.29, 1.82) is 0 Å². The molecule has 0 unspecified atom stereocenters. The van der Waals surface area contributed by atoms with E-state index in [9.17, 15) is 17.6 Å². The molecule has 1 aliphatic heterocycles. The first-order valence-electron chi connectivity index (χ1n) is 6.31. The summed E-state index contributed by atoms with van der Waals surface area (Å²) in [5.74, 6) is -1.42. The number of carbonyl (C=O) groups is 1. The Hall–Kier alpha value is -1.34. The lowest BCUT2D eigenvalue weighted by atomic mass is 10.1. The third kappa shape index (κ3) is 2.85. The van der Waals surface area contributed by atoms with Crippen LogP contribution in [0.3, 0.4) is 0 Å². The van der Waals surface area contributed by atoms with E-state index in [-0.39, 0.29) is 35.1 Å². The van der Waals surface area contributed by atoms with Gasteiger partial charge < -0.3 is 10.6 Å². The van der Waals surface area contributed by atoms with Crippen LogP contribution < -0.4 is 5.73 Å². The highest BCUT2D eigenvalue weighted by atomic mass is 35.5. The van der Waals surface area contributed by atoms with Crippen LogP contribution >= 0.6 is 11.6 Å². The fraction of sp³-hybridized carbons (Fsp3) is 0.462. The van der Waals surface area contributed by atoms with E-state index in [2.05, 4.69) is 0 Å². The number of rotatable bonds is 1. The maximum Gasteiger partial charge on any atom is 0.256 e. The maximum absolute atomic E-state index is 13.6. The van der Waals surface area contributed by atoms with Crippen LogP contribution in [0.4, 0.5) is 10.1 Å². The summed E-state index contributed by atoms with van der Waals surface area (Å²) in [5, 5.41) is 0.0638. The van der Waals surface area contributed by atoms with E-state index in [1.54, 1.807) is 13.8 Å². The number of hydrogen-bond donors (Lipinski definition) is 1. The zero-order valence-electron chi connectivity index (χ0n) is 11.7. The first-order chi connectivity index (χ1) is 9.55. The van der Waals surface area contributed by atoms with Gasteiger partial charge in [-0.1, -0.05) is 11.6 Å². The molecule has 116 valence electrons. The topological polar surface area (TPSA) is 80.5 Å². The summed E-state index contributed by atoms with van der Waals surface area (Å²) in [6, 6.07) is 2.32. The number of hydrogen-bond acceptors (Lipinski definition) is 4. The third-order valence-corrected chi connectivity index (χ3v) is 6.41. The van der Waals surface area contributed by atoms with Crippen LogP contribution in [0.1, 0.15) is 24.2 Å². The van der Waals surface area contributed by atoms with E-state index >= 15 is 0 Å². The van der Waals surface area contributed by atoms with E-state index in [1.165, 1.54) is 11.0 Å². The lowest BCUT2D eigenvalue weighted by Gasteiger charge is -2.37. The van der Waals surface area contributed by atoms with Crippen LogP contribution in [-0.2, 0) is 9.84 Å². The van der Waals surface area contributed by atoms with Crippen molar-refractivity contribution in [3.05, 3.63) is 28.5 Å². The Balaban J connectivity index is 2.35. The minimum atomic E-state index is -3.26. The monoisotopic (exact) mass is 334 g/mol. The first kappa shape index (κ1) is 16.0. The summed E-state index contributed by atoms with van der Waals surface area (Å²) in [7, 11) is -3.26. The van der Waals surface area contributed by atoms with Gasteiger partial charge in [-0.05, 0) is 26.0 Å². The second kappa shape index (κ2) is 5.14. The highest BCUT2D eigenvalue weighted by Gasteiger charge is 2.42. The second-order valence-electron chi connectivity index (χ2n) is 5.65. The molecule has 0 spiro atoms. The zero-order valence-corrected chi connectivity index (χ0v) is 13.3. The predicted octanol–water partition coefficient (Wildman–Crippen LogP) is 1.71. The highest BCUT2D eigenvalue weighted by Crippen LogP contribution is 2.28. The van der Waals surface area contributed by atoms with Crippen LogP contribution in [0.25, 0.3) is 0 Å². The van der Waals surface area contributed by atoms with Gasteiger partial charge in [0.25, 0.3) is 5.91 Å². The van der Waals surface area contributed by atoms with Gasteiger partial charge in [-0.2, -0.15) is 0 Å². The average Bonchev–Trinajstić information content (AvgIpc) is 2.36. The molecule has 1 aromatic carbocycles. The Morgan fingerprint density at radius 2 is 2.05 bits per heavy atom. The average molecular weight is 335 g/mol. The standard InChI is InChI=1S/C13H16ClFN2O3S/c1-13(2)7-17(3-4-21(13,19)20)12(18)9-5-8(14)6-10(15)11(9)16/h5-6H,3-4,7,16H2,1-2H3. The van der Waals surface area contributed by atoms with Crippen LogP contribution in [0.2, 0.25) is 5.02 Å². The van der Waals surface area contributed by atoms with Gasteiger partial charge in [0.2, 0.25) is 0 Å². The molecule has 2 rings (SSSR count). The fourth-order valence-corrected chi connectivity index (χ4v) is 3.82. The number of benzene rings is 1. The largest absolute Gasteiger partial charge is 0.396 e. The van der Waals surface area contributed by atoms with E-state index < -0.39 is 26.3 Å². The molecule has 5 nitrogen and oxygen atoms in total. The third-order valence-electron chi connectivity index (χ3n) is 3.66. The minimum Gasteiger partial charge on any atom is -0.396 e. The SMILES string of the molecule is CC1(C)CN(C(=O)c2cc(Cl)cc(F)c2N)CCS1(=O)=O. The van der Waals surface area contributed by atoms with Gasteiger partial charge in [0.1, 0.15) is 5.82 Å². The lowest BCUT2D eigenvalue weighted by Crippen LogP contribution is -2.54. The molecule has 0 bridgehead atoms. The molecule has 1 amide bonds. The fourth-order valence-electron chi connectivity index (χ4n) is 2.25. The van der Waals surface area contributed by atoms with E-state index in [0.29, 0.717) is 0 Å². The number of carbonyl (C=O) groups excluding carboxylic acids is 1. The first-order valence-corrected chi connectivity index (χ1v) is 8.34. The molecule has 8 heteroatoms. The Labute approximate surface area is 127 Å². The minimum absolute atomic E-state index is 0.0295. The van der Waals surface area contributed by atoms with Gasteiger partial charge >= 0.3 is 0 Å². The van der Waals surface area contributed by atoms with Gasteiger partial charge in [-0.15, -0.1) is 0 Å². The molecule has 1 aromatic rings. The highest BCUT2D eigenvalue weighted by molar-refractivity contribution is 7.92. The quantitative estimate of drug-likeness (QED) is 0.793.